The van der Waals surface area contributed by atoms with E-state index in [1.807, 2.05) is 6.07 Å². The van der Waals surface area contributed by atoms with Crippen LogP contribution in [0, 0.1) is 0 Å². The largest absolute Gasteiger partial charge is 0.476 e. The lowest BCUT2D eigenvalue weighted by molar-refractivity contribution is -0.152. The number of nitrogens with zero attached hydrogens (tertiary/aromatic N) is 3. The minimum Gasteiger partial charge on any atom is -0.476 e. The van der Waals surface area contributed by atoms with E-state index in [0.717, 1.165) is 0 Å². The summed E-state index contributed by atoms with van der Waals surface area (Å²) in [6, 6.07) is 17.3. The lowest BCUT2D eigenvalue weighted by atomic mass is 10.1. The number of hydrogen-bond acceptors (Lipinski definition) is 6. The van der Waals surface area contributed by atoms with E-state index < -0.39 is 23.9 Å². The summed E-state index contributed by atoms with van der Waals surface area (Å²) in [6.07, 6.45) is -1.26. The van der Waals surface area contributed by atoms with Crippen molar-refractivity contribution in [3.63, 3.8) is 0 Å². The highest BCUT2D eigenvalue weighted by atomic mass is 16.5. The van der Waals surface area contributed by atoms with Gasteiger partial charge < -0.3 is 20.1 Å². The Labute approximate surface area is 178 Å². The minimum atomic E-state index is -1.27. The van der Waals surface area contributed by atoms with Gasteiger partial charge in [0.15, 0.2) is 11.5 Å². The van der Waals surface area contributed by atoms with Gasteiger partial charge in [0.05, 0.1) is 0 Å². The fraction of sp³-hybridized carbons (Fsp3) is 0.182. The van der Waals surface area contributed by atoms with Crippen LogP contribution in [-0.4, -0.2) is 46.6 Å². The van der Waals surface area contributed by atoms with Crippen LogP contribution in [0.2, 0.25) is 0 Å². The van der Waals surface area contributed by atoms with Crippen molar-refractivity contribution < 1.29 is 24.2 Å². The summed E-state index contributed by atoms with van der Waals surface area (Å²) in [5, 5.41) is 12.4. The first-order valence-corrected chi connectivity index (χ1v) is 9.41. The topological polar surface area (TPSA) is 114 Å². The molecule has 2 N–H and O–H groups in total. The number of amides is 1. The van der Waals surface area contributed by atoms with E-state index in [1.165, 1.54) is 11.5 Å². The van der Waals surface area contributed by atoms with Crippen molar-refractivity contribution in [3.05, 3.63) is 71.9 Å². The minimum absolute atomic E-state index is 0.155. The third kappa shape index (κ3) is 4.72. The monoisotopic (exact) mass is 422 g/mol. The lowest BCUT2D eigenvalue weighted by Crippen LogP contribution is -2.26. The van der Waals surface area contributed by atoms with Crippen molar-refractivity contribution in [1.82, 2.24) is 9.55 Å². The number of para-hydroxylation sites is 1. The third-order valence-electron chi connectivity index (χ3n) is 4.34. The van der Waals surface area contributed by atoms with Gasteiger partial charge in [-0.3, -0.25) is 14.2 Å². The number of imidazole rings is 1. The van der Waals surface area contributed by atoms with Crippen molar-refractivity contribution in [2.45, 2.75) is 13.0 Å². The zero-order valence-electron chi connectivity index (χ0n) is 17.3. The Bertz CT molecular complexity index is 1090. The van der Waals surface area contributed by atoms with Crippen molar-refractivity contribution in [3.8, 4) is 5.69 Å². The number of aromatic nitrogens is 2. The molecule has 0 radical (unpaired) electrons. The number of carboxylic acids is 1. The van der Waals surface area contributed by atoms with Crippen molar-refractivity contribution in [1.29, 1.82) is 0 Å². The maximum Gasteiger partial charge on any atom is 0.356 e. The predicted molar refractivity (Wildman–Crippen MR) is 114 cm³/mol. The molecule has 0 aliphatic carbocycles. The second-order valence-corrected chi connectivity index (χ2v) is 6.87. The Hall–Kier alpha value is -4.14. The quantitative estimate of drug-likeness (QED) is 0.563. The van der Waals surface area contributed by atoms with Crippen LogP contribution in [0.3, 0.4) is 0 Å². The van der Waals surface area contributed by atoms with Crippen molar-refractivity contribution in [2.75, 3.05) is 24.3 Å². The molecule has 9 nitrogen and oxygen atoms in total. The number of anilines is 2. The molecule has 1 amide bonds. The van der Waals surface area contributed by atoms with E-state index >= 15 is 0 Å². The van der Waals surface area contributed by atoms with Crippen LogP contribution in [0.5, 0.6) is 0 Å². The zero-order chi connectivity index (χ0) is 22.5. The maximum absolute atomic E-state index is 13.0. The summed E-state index contributed by atoms with van der Waals surface area (Å²) < 4.78 is 6.63. The molecule has 1 aromatic heterocycles. The van der Waals surface area contributed by atoms with E-state index in [4.69, 9.17) is 4.74 Å². The second kappa shape index (κ2) is 9.12. The lowest BCUT2D eigenvalue weighted by Gasteiger charge is -2.16. The number of hydrogen-bond donors (Lipinski definition) is 2. The average Bonchev–Trinajstić information content (AvgIpc) is 3.12. The van der Waals surface area contributed by atoms with E-state index in [-0.39, 0.29) is 11.5 Å². The zero-order valence-corrected chi connectivity index (χ0v) is 17.3. The Balaban J connectivity index is 2.07. The molecule has 0 saturated carbocycles. The van der Waals surface area contributed by atoms with E-state index in [9.17, 15) is 19.5 Å². The molecule has 3 aromatic rings. The Morgan fingerprint density at radius 2 is 1.61 bits per heavy atom. The summed E-state index contributed by atoms with van der Waals surface area (Å²) in [6.45, 7) is 1.19. The molecule has 0 saturated heterocycles. The number of rotatable bonds is 7. The molecule has 1 unspecified atom stereocenters. The standard InChI is InChI=1S/C22H22N4O5/c1-14(27)31-18(15-10-6-4-7-11-15)20(28)23-19-17(21(29)30)26(22(24-19)25(2)3)16-12-8-5-9-13-16/h4-13,18H,1-3H3,(H,23,28)(H,29,30). The summed E-state index contributed by atoms with van der Waals surface area (Å²) in [5.41, 5.74) is 0.788. The summed E-state index contributed by atoms with van der Waals surface area (Å²) >= 11 is 0. The van der Waals surface area contributed by atoms with Crippen LogP contribution in [0.4, 0.5) is 11.8 Å². The van der Waals surface area contributed by atoms with E-state index in [0.29, 0.717) is 17.2 Å². The summed E-state index contributed by atoms with van der Waals surface area (Å²) in [4.78, 5) is 42.7. The fourth-order valence-corrected chi connectivity index (χ4v) is 3.06. The molecular formula is C22H22N4O5. The van der Waals surface area contributed by atoms with Crippen LogP contribution in [0.1, 0.15) is 29.1 Å². The first kappa shape index (κ1) is 21.6. The van der Waals surface area contributed by atoms with Crippen LogP contribution in [-0.2, 0) is 14.3 Å². The van der Waals surface area contributed by atoms with Crippen LogP contribution >= 0.6 is 0 Å². The number of carboxylic acid groups (broad SMARTS) is 1. The fourth-order valence-electron chi connectivity index (χ4n) is 3.06. The molecule has 0 aliphatic heterocycles. The molecule has 9 heteroatoms. The van der Waals surface area contributed by atoms with Crippen LogP contribution < -0.4 is 10.2 Å². The summed E-state index contributed by atoms with van der Waals surface area (Å²) in [7, 11) is 3.43. The number of aromatic carboxylic acids is 1. The number of benzene rings is 2. The highest BCUT2D eigenvalue weighted by Crippen LogP contribution is 2.29. The molecule has 1 heterocycles. The van der Waals surface area contributed by atoms with Crippen LogP contribution in [0.25, 0.3) is 5.69 Å². The molecular weight excluding hydrogens is 400 g/mol. The van der Waals surface area contributed by atoms with Crippen molar-refractivity contribution >= 4 is 29.6 Å². The summed E-state index contributed by atoms with van der Waals surface area (Å²) in [5.74, 6) is -2.48. The Kier molecular flexibility index (Phi) is 6.35. The number of nitrogens with one attached hydrogen (secondary N) is 1. The molecule has 0 fully saturated rings. The maximum atomic E-state index is 13.0. The van der Waals surface area contributed by atoms with Gasteiger partial charge in [-0.2, -0.15) is 4.98 Å². The van der Waals surface area contributed by atoms with Crippen LogP contribution in [0.15, 0.2) is 60.7 Å². The Morgan fingerprint density at radius 3 is 2.13 bits per heavy atom. The normalized spacial score (nSPS) is 11.5. The Morgan fingerprint density at radius 1 is 1.03 bits per heavy atom. The molecule has 3 rings (SSSR count). The molecule has 0 spiro atoms. The van der Waals surface area contributed by atoms with Gasteiger partial charge in [-0.05, 0) is 12.1 Å². The SMILES string of the molecule is CC(=O)OC(C(=O)Nc1nc(N(C)C)n(-c2ccccc2)c1C(=O)O)c1ccccc1. The van der Waals surface area contributed by atoms with Gasteiger partial charge >= 0.3 is 11.9 Å². The number of carbonyl (C=O) groups is 3. The number of esters is 1. The van der Waals surface area contributed by atoms with Gasteiger partial charge in [0, 0.05) is 32.3 Å². The highest BCUT2D eigenvalue weighted by molar-refractivity contribution is 6.01. The third-order valence-corrected chi connectivity index (χ3v) is 4.34. The van der Waals surface area contributed by atoms with Gasteiger partial charge in [-0.25, -0.2) is 4.79 Å². The van der Waals surface area contributed by atoms with Gasteiger partial charge in [-0.1, -0.05) is 48.5 Å². The van der Waals surface area contributed by atoms with Gasteiger partial charge in [-0.15, -0.1) is 0 Å². The first-order chi connectivity index (χ1) is 14.8. The highest BCUT2D eigenvalue weighted by Gasteiger charge is 2.30. The van der Waals surface area contributed by atoms with Crippen molar-refractivity contribution in [2.24, 2.45) is 0 Å². The molecule has 160 valence electrons. The molecule has 2 aromatic carbocycles. The second-order valence-electron chi connectivity index (χ2n) is 6.87. The predicted octanol–water partition coefficient (Wildman–Crippen LogP) is 2.88. The molecule has 31 heavy (non-hydrogen) atoms. The molecule has 1 atom stereocenters. The number of carbonyl (C=O) groups excluding carboxylic acids is 2. The smallest absolute Gasteiger partial charge is 0.356 e. The molecule has 0 bridgehead atoms. The number of ether oxygens (including phenoxy) is 1. The van der Waals surface area contributed by atoms with Gasteiger partial charge in [0.2, 0.25) is 12.1 Å². The van der Waals surface area contributed by atoms with E-state index in [2.05, 4.69) is 10.3 Å². The molecule has 0 aliphatic rings. The van der Waals surface area contributed by atoms with E-state index in [1.54, 1.807) is 73.6 Å². The first-order valence-electron chi connectivity index (χ1n) is 9.41. The average molecular weight is 422 g/mol. The van der Waals surface area contributed by atoms with Gasteiger partial charge in [0.25, 0.3) is 5.91 Å². The van der Waals surface area contributed by atoms with Gasteiger partial charge in [0.1, 0.15) is 0 Å².